The van der Waals surface area contributed by atoms with Gasteiger partial charge < -0.3 is 15.7 Å². The number of anilines is 2. The van der Waals surface area contributed by atoms with E-state index in [0.717, 1.165) is 48.3 Å². The molecular weight excluding hydrogens is 334 g/mol. The molecule has 0 unspecified atom stereocenters. The predicted molar refractivity (Wildman–Crippen MR) is 102 cm³/mol. The van der Waals surface area contributed by atoms with E-state index >= 15 is 0 Å². The summed E-state index contributed by atoms with van der Waals surface area (Å²) in [5.41, 5.74) is 8.85. The summed E-state index contributed by atoms with van der Waals surface area (Å²) in [6.45, 7) is 1.85. The fourth-order valence-electron chi connectivity index (χ4n) is 3.63. The van der Waals surface area contributed by atoms with Gasteiger partial charge in [-0.05, 0) is 30.4 Å². The molecule has 0 saturated carbocycles. The van der Waals surface area contributed by atoms with Crippen LogP contribution in [0.2, 0.25) is 0 Å². The number of piperidine rings is 1. The average Bonchev–Trinajstić information content (AvgIpc) is 3.00. The van der Waals surface area contributed by atoms with Crippen LogP contribution in [0.25, 0.3) is 10.2 Å². The summed E-state index contributed by atoms with van der Waals surface area (Å²) in [5, 5.41) is 10.1. The SMILES string of the molecule is Nc1c(C(=O)O)sc2nccc(N3CCC(c4ccccc4)CC3)c12. The molecule has 1 aliphatic heterocycles. The maximum Gasteiger partial charge on any atom is 0.348 e. The van der Waals surface area contributed by atoms with Crippen molar-refractivity contribution in [3.8, 4) is 0 Å². The summed E-state index contributed by atoms with van der Waals surface area (Å²) >= 11 is 1.15. The maximum absolute atomic E-state index is 11.4. The molecule has 3 aromatic rings. The van der Waals surface area contributed by atoms with Crippen molar-refractivity contribution < 1.29 is 9.90 Å². The topological polar surface area (TPSA) is 79.5 Å². The second-order valence-electron chi connectivity index (χ2n) is 6.33. The minimum absolute atomic E-state index is 0.175. The number of nitrogens with two attached hydrogens (primary N) is 1. The van der Waals surface area contributed by atoms with Crippen molar-refractivity contribution in [1.29, 1.82) is 0 Å². The quantitative estimate of drug-likeness (QED) is 0.745. The molecule has 5 nitrogen and oxygen atoms in total. The largest absolute Gasteiger partial charge is 0.477 e. The molecule has 6 heteroatoms. The Kier molecular flexibility index (Phi) is 4.05. The molecule has 1 saturated heterocycles. The third-order valence-corrected chi connectivity index (χ3v) is 6.01. The monoisotopic (exact) mass is 353 g/mol. The molecule has 0 spiro atoms. The van der Waals surface area contributed by atoms with Crippen molar-refractivity contribution in [3.63, 3.8) is 0 Å². The second-order valence-corrected chi connectivity index (χ2v) is 7.33. The van der Waals surface area contributed by atoms with E-state index in [9.17, 15) is 9.90 Å². The summed E-state index contributed by atoms with van der Waals surface area (Å²) in [4.78, 5) is 18.9. The zero-order chi connectivity index (χ0) is 17.4. The lowest BCUT2D eigenvalue weighted by atomic mass is 9.89. The number of nitrogens with zero attached hydrogens (tertiary/aromatic N) is 2. The fraction of sp³-hybridized carbons (Fsp3) is 0.263. The number of thiophene rings is 1. The van der Waals surface area contributed by atoms with Gasteiger partial charge in [0.1, 0.15) is 9.71 Å². The van der Waals surface area contributed by atoms with Gasteiger partial charge in [-0.3, -0.25) is 0 Å². The molecule has 0 atom stereocenters. The number of aromatic carboxylic acids is 1. The molecule has 1 aromatic carbocycles. The maximum atomic E-state index is 11.4. The Morgan fingerprint density at radius 3 is 2.60 bits per heavy atom. The summed E-state index contributed by atoms with van der Waals surface area (Å²) in [6, 6.07) is 12.6. The van der Waals surface area contributed by atoms with Gasteiger partial charge in [0.25, 0.3) is 0 Å². The van der Waals surface area contributed by atoms with Crippen LogP contribution in [-0.4, -0.2) is 29.1 Å². The van der Waals surface area contributed by atoms with Crippen molar-refractivity contribution in [2.24, 2.45) is 0 Å². The van der Waals surface area contributed by atoms with E-state index in [-0.39, 0.29) is 4.88 Å². The van der Waals surface area contributed by atoms with E-state index in [1.54, 1.807) is 6.20 Å². The number of carboxylic acid groups (broad SMARTS) is 1. The summed E-state index contributed by atoms with van der Waals surface area (Å²) in [6.07, 6.45) is 3.88. The van der Waals surface area contributed by atoms with Gasteiger partial charge in [-0.15, -0.1) is 11.3 Å². The number of nitrogen functional groups attached to an aromatic ring is 1. The first-order valence-corrected chi connectivity index (χ1v) is 9.17. The van der Waals surface area contributed by atoms with Crippen LogP contribution >= 0.6 is 11.3 Å². The first-order valence-electron chi connectivity index (χ1n) is 8.35. The normalized spacial score (nSPS) is 15.6. The fourth-order valence-corrected chi connectivity index (χ4v) is 4.55. The molecule has 2 aromatic heterocycles. The summed E-state index contributed by atoms with van der Waals surface area (Å²) in [5.74, 6) is -0.418. The Labute approximate surface area is 149 Å². The molecule has 0 aliphatic carbocycles. The number of hydrogen-bond donors (Lipinski definition) is 2. The predicted octanol–water partition coefficient (Wildman–Crippen LogP) is 3.96. The van der Waals surface area contributed by atoms with E-state index in [1.807, 2.05) is 12.1 Å². The van der Waals surface area contributed by atoms with E-state index < -0.39 is 5.97 Å². The summed E-state index contributed by atoms with van der Waals surface area (Å²) in [7, 11) is 0. The standard InChI is InChI=1S/C19H19N3O2S/c20-16-15-14(6-9-21-18(15)25-17(16)19(23)24)22-10-7-13(8-11-22)12-4-2-1-3-5-12/h1-6,9,13H,7-8,10-11,20H2,(H,23,24). The molecule has 0 radical (unpaired) electrons. The van der Waals surface area contributed by atoms with Crippen molar-refractivity contribution >= 4 is 38.9 Å². The zero-order valence-corrected chi connectivity index (χ0v) is 14.5. The molecule has 0 bridgehead atoms. The van der Waals surface area contributed by atoms with Crippen molar-refractivity contribution in [2.75, 3.05) is 23.7 Å². The molecule has 25 heavy (non-hydrogen) atoms. The van der Waals surface area contributed by atoms with Crippen molar-refractivity contribution in [3.05, 3.63) is 53.0 Å². The average molecular weight is 353 g/mol. The van der Waals surface area contributed by atoms with Crippen LogP contribution in [0.1, 0.15) is 34.0 Å². The number of carbonyl (C=O) groups is 1. The Morgan fingerprint density at radius 2 is 1.92 bits per heavy atom. The Bertz CT molecular complexity index is 915. The van der Waals surface area contributed by atoms with Crippen LogP contribution in [0.3, 0.4) is 0 Å². The summed E-state index contributed by atoms with van der Waals surface area (Å²) < 4.78 is 0. The lowest BCUT2D eigenvalue weighted by Crippen LogP contribution is -2.33. The van der Waals surface area contributed by atoms with Gasteiger partial charge >= 0.3 is 5.97 Å². The molecule has 4 rings (SSSR count). The number of carboxylic acids is 1. The van der Waals surface area contributed by atoms with Crippen LogP contribution in [0.5, 0.6) is 0 Å². The molecule has 1 fully saturated rings. The lowest BCUT2D eigenvalue weighted by Gasteiger charge is -2.34. The van der Waals surface area contributed by atoms with E-state index in [0.29, 0.717) is 16.4 Å². The van der Waals surface area contributed by atoms with Crippen molar-refractivity contribution in [2.45, 2.75) is 18.8 Å². The van der Waals surface area contributed by atoms with Crippen molar-refractivity contribution in [1.82, 2.24) is 4.98 Å². The molecule has 3 heterocycles. The van der Waals surface area contributed by atoms with E-state index in [2.05, 4.69) is 34.1 Å². The number of rotatable bonds is 3. The Morgan fingerprint density at radius 1 is 1.20 bits per heavy atom. The molecular formula is C19H19N3O2S. The Hall–Kier alpha value is -2.60. The highest BCUT2D eigenvalue weighted by molar-refractivity contribution is 7.21. The Balaban J connectivity index is 1.62. The van der Waals surface area contributed by atoms with E-state index in [4.69, 9.17) is 5.73 Å². The number of fused-ring (bicyclic) bond motifs is 1. The molecule has 0 amide bonds. The van der Waals surface area contributed by atoms with Gasteiger partial charge in [0.15, 0.2) is 0 Å². The van der Waals surface area contributed by atoms with Gasteiger partial charge in [0.2, 0.25) is 0 Å². The van der Waals surface area contributed by atoms with Crippen LogP contribution in [-0.2, 0) is 0 Å². The highest BCUT2D eigenvalue weighted by atomic mass is 32.1. The lowest BCUT2D eigenvalue weighted by molar-refractivity contribution is 0.0703. The van der Waals surface area contributed by atoms with E-state index in [1.165, 1.54) is 5.56 Å². The highest BCUT2D eigenvalue weighted by Crippen LogP contribution is 2.40. The van der Waals surface area contributed by atoms with Gasteiger partial charge in [0, 0.05) is 19.3 Å². The van der Waals surface area contributed by atoms with Gasteiger partial charge in [-0.25, -0.2) is 9.78 Å². The van der Waals surface area contributed by atoms with Gasteiger partial charge in [-0.1, -0.05) is 30.3 Å². The van der Waals surface area contributed by atoms with Crippen LogP contribution in [0, 0.1) is 0 Å². The minimum Gasteiger partial charge on any atom is -0.477 e. The number of aromatic nitrogens is 1. The molecule has 128 valence electrons. The smallest absolute Gasteiger partial charge is 0.348 e. The minimum atomic E-state index is -0.991. The first-order chi connectivity index (χ1) is 12.1. The first kappa shape index (κ1) is 15.9. The van der Waals surface area contributed by atoms with Crippen LogP contribution in [0.15, 0.2) is 42.6 Å². The molecule has 1 aliphatic rings. The molecule has 3 N–H and O–H groups in total. The number of hydrogen-bond acceptors (Lipinski definition) is 5. The van der Waals surface area contributed by atoms with Crippen LogP contribution in [0.4, 0.5) is 11.4 Å². The second kappa shape index (κ2) is 6.37. The third kappa shape index (κ3) is 2.82. The third-order valence-electron chi connectivity index (χ3n) is 4.91. The number of pyridine rings is 1. The number of benzene rings is 1. The van der Waals surface area contributed by atoms with Gasteiger partial charge in [-0.2, -0.15) is 0 Å². The zero-order valence-electron chi connectivity index (χ0n) is 13.7. The highest BCUT2D eigenvalue weighted by Gasteiger charge is 2.25. The van der Waals surface area contributed by atoms with Gasteiger partial charge in [0.05, 0.1) is 16.8 Å². The van der Waals surface area contributed by atoms with Crippen LogP contribution < -0.4 is 10.6 Å².